The van der Waals surface area contributed by atoms with Crippen LogP contribution in [0.4, 0.5) is 11.5 Å². The van der Waals surface area contributed by atoms with Crippen LogP contribution in [0.25, 0.3) is 0 Å². The van der Waals surface area contributed by atoms with Crippen LogP contribution in [0.3, 0.4) is 0 Å². The number of anilines is 2. The summed E-state index contributed by atoms with van der Waals surface area (Å²) in [7, 11) is -3.47. The molecule has 19 heavy (non-hydrogen) atoms. The van der Waals surface area contributed by atoms with Gasteiger partial charge in [0.15, 0.2) is 0 Å². The molecule has 2 rings (SSSR count). The van der Waals surface area contributed by atoms with Crippen LogP contribution < -0.4 is 10.5 Å². The van der Waals surface area contributed by atoms with Gasteiger partial charge in [0.2, 0.25) is 10.0 Å². The smallest absolute Gasteiger partial charge is 0.238 e. The molecule has 0 radical (unpaired) electrons. The van der Waals surface area contributed by atoms with Gasteiger partial charge in [-0.15, -0.1) is 0 Å². The summed E-state index contributed by atoms with van der Waals surface area (Å²) in [5.74, 6) is 0.221. The van der Waals surface area contributed by atoms with Gasteiger partial charge in [0.25, 0.3) is 0 Å². The van der Waals surface area contributed by atoms with E-state index in [2.05, 4.69) is 9.71 Å². The van der Waals surface area contributed by atoms with Crippen LogP contribution in [-0.2, 0) is 15.8 Å². The first-order valence-corrected chi connectivity index (χ1v) is 7.38. The average molecular weight is 277 g/mol. The van der Waals surface area contributed by atoms with Gasteiger partial charge < -0.3 is 5.73 Å². The summed E-state index contributed by atoms with van der Waals surface area (Å²) in [5, 5.41) is 0. The Kier molecular flexibility index (Phi) is 3.71. The van der Waals surface area contributed by atoms with E-state index in [4.69, 9.17) is 5.73 Å². The largest absolute Gasteiger partial charge is 0.399 e. The molecule has 0 saturated carbocycles. The summed E-state index contributed by atoms with van der Waals surface area (Å²) < 4.78 is 26.4. The molecule has 5 nitrogen and oxygen atoms in total. The lowest BCUT2D eigenvalue weighted by atomic mass is 10.2. The highest BCUT2D eigenvalue weighted by Gasteiger charge is 2.12. The van der Waals surface area contributed by atoms with E-state index in [0.29, 0.717) is 17.1 Å². The normalized spacial score (nSPS) is 11.2. The SMILES string of the molecule is Cc1cccc(NS(=O)(=O)Cc2ccc(N)cc2)n1. The molecule has 3 N–H and O–H groups in total. The van der Waals surface area contributed by atoms with E-state index in [9.17, 15) is 8.42 Å². The fraction of sp³-hybridized carbons (Fsp3) is 0.154. The van der Waals surface area contributed by atoms with Gasteiger partial charge in [-0.3, -0.25) is 4.72 Å². The van der Waals surface area contributed by atoms with Gasteiger partial charge in [-0.25, -0.2) is 13.4 Å². The molecule has 2 aromatic rings. The minimum absolute atomic E-state index is 0.108. The lowest BCUT2D eigenvalue weighted by Crippen LogP contribution is -2.16. The molecule has 1 heterocycles. The molecule has 0 aliphatic heterocycles. The number of nitrogens with two attached hydrogens (primary N) is 1. The van der Waals surface area contributed by atoms with Gasteiger partial charge in [-0.1, -0.05) is 18.2 Å². The summed E-state index contributed by atoms with van der Waals surface area (Å²) in [5.41, 5.74) is 7.59. The van der Waals surface area contributed by atoms with Gasteiger partial charge in [-0.2, -0.15) is 0 Å². The van der Waals surface area contributed by atoms with Crippen molar-refractivity contribution in [1.29, 1.82) is 0 Å². The third kappa shape index (κ3) is 3.96. The van der Waals surface area contributed by atoms with Crippen molar-refractivity contribution in [2.75, 3.05) is 10.5 Å². The van der Waals surface area contributed by atoms with E-state index >= 15 is 0 Å². The molecule has 0 fully saturated rings. The van der Waals surface area contributed by atoms with Crippen molar-refractivity contribution in [3.63, 3.8) is 0 Å². The Labute approximate surface area is 112 Å². The highest BCUT2D eigenvalue weighted by atomic mass is 32.2. The highest BCUT2D eigenvalue weighted by Crippen LogP contribution is 2.12. The number of nitrogen functional groups attached to an aromatic ring is 1. The Balaban J connectivity index is 2.13. The molecular weight excluding hydrogens is 262 g/mol. The van der Waals surface area contributed by atoms with Crippen molar-refractivity contribution in [2.45, 2.75) is 12.7 Å². The maximum Gasteiger partial charge on any atom is 0.238 e. The second kappa shape index (κ2) is 5.27. The molecular formula is C13H15N3O2S. The predicted octanol–water partition coefficient (Wildman–Crippen LogP) is 1.91. The first-order valence-electron chi connectivity index (χ1n) is 5.73. The van der Waals surface area contributed by atoms with E-state index in [1.807, 2.05) is 0 Å². The molecule has 0 unspecified atom stereocenters. The van der Waals surface area contributed by atoms with E-state index in [1.165, 1.54) is 0 Å². The molecule has 1 aromatic carbocycles. The van der Waals surface area contributed by atoms with Crippen LogP contribution in [0.5, 0.6) is 0 Å². The maximum atomic E-state index is 12.0. The Bertz CT molecular complexity index is 667. The van der Waals surface area contributed by atoms with Crippen LogP contribution >= 0.6 is 0 Å². The number of benzene rings is 1. The molecule has 1 aromatic heterocycles. The van der Waals surface area contributed by atoms with Crippen LogP contribution in [0.2, 0.25) is 0 Å². The zero-order valence-electron chi connectivity index (χ0n) is 10.5. The standard InChI is InChI=1S/C13H15N3O2S/c1-10-3-2-4-13(15-10)16-19(17,18)9-11-5-7-12(14)8-6-11/h2-8H,9,14H2,1H3,(H,15,16). The second-order valence-corrected chi connectivity index (χ2v) is 5.99. The number of hydrogen-bond acceptors (Lipinski definition) is 4. The number of pyridine rings is 1. The number of nitrogens with one attached hydrogen (secondary N) is 1. The third-order valence-electron chi connectivity index (χ3n) is 2.48. The van der Waals surface area contributed by atoms with E-state index in [-0.39, 0.29) is 5.75 Å². The minimum Gasteiger partial charge on any atom is -0.399 e. The molecule has 100 valence electrons. The highest BCUT2D eigenvalue weighted by molar-refractivity contribution is 7.91. The summed E-state index contributed by atoms with van der Waals surface area (Å²) >= 11 is 0. The number of rotatable bonds is 4. The summed E-state index contributed by atoms with van der Waals surface area (Å²) in [6.45, 7) is 1.80. The molecule has 0 aliphatic carbocycles. The first kappa shape index (κ1) is 13.4. The van der Waals surface area contributed by atoms with Gasteiger partial charge >= 0.3 is 0 Å². The first-order chi connectivity index (χ1) is 8.94. The Morgan fingerprint density at radius 3 is 2.47 bits per heavy atom. The van der Waals surface area contributed by atoms with Crippen LogP contribution in [0.1, 0.15) is 11.3 Å². The van der Waals surface area contributed by atoms with Crippen LogP contribution in [-0.4, -0.2) is 13.4 Å². The fourth-order valence-corrected chi connectivity index (χ4v) is 2.76. The fourth-order valence-electron chi connectivity index (χ4n) is 1.63. The van der Waals surface area contributed by atoms with Crippen molar-refractivity contribution >= 4 is 21.5 Å². The van der Waals surface area contributed by atoms with Crippen molar-refractivity contribution < 1.29 is 8.42 Å². The Morgan fingerprint density at radius 1 is 1.16 bits per heavy atom. The maximum absolute atomic E-state index is 12.0. The third-order valence-corrected chi connectivity index (χ3v) is 3.72. The quantitative estimate of drug-likeness (QED) is 0.836. The summed E-state index contributed by atoms with van der Waals surface area (Å²) in [4.78, 5) is 4.10. The van der Waals surface area contributed by atoms with Gasteiger partial charge in [0, 0.05) is 11.4 Å². The zero-order valence-corrected chi connectivity index (χ0v) is 11.3. The second-order valence-electron chi connectivity index (χ2n) is 4.27. The number of hydrogen-bond donors (Lipinski definition) is 2. The molecule has 0 saturated heterocycles. The lowest BCUT2D eigenvalue weighted by Gasteiger charge is -2.08. The molecule has 0 spiro atoms. The summed E-state index contributed by atoms with van der Waals surface area (Å²) in [6, 6.07) is 11.9. The van der Waals surface area contributed by atoms with Crippen LogP contribution in [0, 0.1) is 6.92 Å². The lowest BCUT2D eigenvalue weighted by molar-refractivity contribution is 0.600. The monoisotopic (exact) mass is 277 g/mol. The molecule has 0 atom stereocenters. The van der Waals surface area contributed by atoms with Gasteiger partial charge in [-0.05, 0) is 36.8 Å². The molecule has 6 heteroatoms. The minimum atomic E-state index is -3.47. The molecule has 0 aliphatic rings. The number of aromatic nitrogens is 1. The average Bonchev–Trinajstić information content (AvgIpc) is 2.31. The molecule has 0 bridgehead atoms. The van der Waals surface area contributed by atoms with Crippen molar-refractivity contribution in [3.05, 3.63) is 53.7 Å². The Morgan fingerprint density at radius 2 is 1.84 bits per heavy atom. The van der Waals surface area contributed by atoms with E-state index in [1.54, 1.807) is 49.4 Å². The number of aryl methyl sites for hydroxylation is 1. The zero-order chi connectivity index (χ0) is 13.9. The van der Waals surface area contributed by atoms with Crippen molar-refractivity contribution in [1.82, 2.24) is 4.98 Å². The van der Waals surface area contributed by atoms with E-state index < -0.39 is 10.0 Å². The predicted molar refractivity (Wildman–Crippen MR) is 76.1 cm³/mol. The van der Waals surface area contributed by atoms with Gasteiger partial charge in [0.1, 0.15) is 5.82 Å². The van der Waals surface area contributed by atoms with Gasteiger partial charge in [0.05, 0.1) is 5.75 Å². The van der Waals surface area contributed by atoms with Crippen molar-refractivity contribution in [3.8, 4) is 0 Å². The topological polar surface area (TPSA) is 85.1 Å². The number of sulfonamides is 1. The van der Waals surface area contributed by atoms with E-state index in [0.717, 1.165) is 5.69 Å². The Hall–Kier alpha value is -2.08. The summed E-state index contributed by atoms with van der Waals surface area (Å²) in [6.07, 6.45) is 0. The van der Waals surface area contributed by atoms with Crippen molar-refractivity contribution in [2.24, 2.45) is 0 Å². The number of nitrogens with zero attached hydrogens (tertiary/aromatic N) is 1. The molecule has 0 amide bonds. The van der Waals surface area contributed by atoms with Crippen LogP contribution in [0.15, 0.2) is 42.5 Å².